The Kier molecular flexibility index (Phi) is 3.65. The van der Waals surface area contributed by atoms with Crippen molar-refractivity contribution in [2.45, 2.75) is 26.3 Å². The van der Waals surface area contributed by atoms with E-state index in [1.54, 1.807) is 0 Å². The van der Waals surface area contributed by atoms with Crippen LogP contribution in [0.1, 0.15) is 0 Å². The summed E-state index contributed by atoms with van der Waals surface area (Å²) < 4.78 is 10.7. The first kappa shape index (κ1) is 14.8. The van der Waals surface area contributed by atoms with Crippen molar-refractivity contribution in [1.29, 1.82) is 0 Å². The van der Waals surface area contributed by atoms with Gasteiger partial charge in [0.05, 0.1) is 20.8 Å². The van der Waals surface area contributed by atoms with Crippen molar-refractivity contribution < 1.29 is 9.47 Å². The maximum absolute atomic E-state index is 6.48. The Hall–Kier alpha value is 1.40. The van der Waals surface area contributed by atoms with Crippen LogP contribution < -0.4 is 0 Å². The molecule has 0 aliphatic heterocycles. The van der Waals surface area contributed by atoms with Gasteiger partial charge in [0.15, 0.2) is 9.75 Å². The largest absolute Gasteiger partial charge is 0.349 e. The summed E-state index contributed by atoms with van der Waals surface area (Å²) in [5.74, 6) is -1.50. The molecule has 0 aromatic carbocycles. The topological polar surface area (TPSA) is 18.5 Å². The molecule has 0 spiro atoms. The van der Waals surface area contributed by atoms with Crippen LogP contribution in [-0.4, -0.2) is 40.5 Å². The van der Waals surface area contributed by atoms with Crippen LogP contribution in [0.3, 0.4) is 0 Å². The molecule has 0 radical (unpaired) electrons. The maximum atomic E-state index is 6.48. The molecule has 2 rings (SSSR count). The van der Waals surface area contributed by atoms with Crippen molar-refractivity contribution in [1.82, 2.24) is 0 Å². The van der Waals surface area contributed by atoms with E-state index in [9.17, 15) is 0 Å². The van der Waals surface area contributed by atoms with Gasteiger partial charge >= 0.3 is 0 Å². The molecule has 2 aliphatic rings. The van der Waals surface area contributed by atoms with Crippen molar-refractivity contribution in [3.8, 4) is 0 Å². The molecule has 8 heteroatoms. The molecule has 98 valence electrons. The molecule has 0 heterocycles. The van der Waals surface area contributed by atoms with Gasteiger partial charge in [-0.15, -0.1) is 46.4 Å². The summed E-state index contributed by atoms with van der Waals surface area (Å²) in [6.45, 7) is 0. The molecule has 0 amide bonds. The van der Waals surface area contributed by atoms with Gasteiger partial charge in [0.1, 0.15) is 0 Å². The molecule has 0 N–H and O–H groups in total. The van der Waals surface area contributed by atoms with Crippen molar-refractivity contribution in [3.63, 3.8) is 0 Å². The van der Waals surface area contributed by atoms with Crippen molar-refractivity contribution in [2.75, 3.05) is 14.2 Å². The Bertz CT molecular complexity index is 363. The second-order valence-corrected chi connectivity index (χ2v) is 6.77. The van der Waals surface area contributed by atoms with E-state index in [-0.39, 0.29) is 10.1 Å². The lowest BCUT2D eigenvalue weighted by atomic mass is 10.0. The number of hydrogen-bond acceptors (Lipinski definition) is 2. The molecule has 1 fully saturated rings. The third-order valence-corrected chi connectivity index (χ3v) is 7.50. The fourth-order valence-electron chi connectivity index (χ4n) is 2.56. The average molecular weight is 361 g/mol. The van der Waals surface area contributed by atoms with Gasteiger partial charge in [0, 0.05) is 14.2 Å². The summed E-state index contributed by atoms with van der Waals surface area (Å²) in [5.41, 5.74) is 0. The highest BCUT2D eigenvalue weighted by Gasteiger charge is 2.84. The first-order valence-corrected chi connectivity index (χ1v) is 6.96. The van der Waals surface area contributed by atoms with Crippen LogP contribution in [0.25, 0.3) is 0 Å². The van der Waals surface area contributed by atoms with Gasteiger partial charge in [0.2, 0.25) is 5.79 Å². The van der Waals surface area contributed by atoms with Gasteiger partial charge in [-0.2, -0.15) is 0 Å². The maximum Gasteiger partial charge on any atom is 0.220 e. The van der Waals surface area contributed by atoms with Crippen LogP contribution in [0.5, 0.6) is 0 Å². The smallest absolute Gasteiger partial charge is 0.220 e. The molecule has 0 aromatic rings. The van der Waals surface area contributed by atoms with E-state index < -0.39 is 26.3 Å². The van der Waals surface area contributed by atoms with Crippen LogP contribution in [-0.2, 0) is 9.47 Å². The van der Waals surface area contributed by atoms with Crippen molar-refractivity contribution in [3.05, 3.63) is 10.1 Å². The lowest BCUT2D eigenvalue weighted by Crippen LogP contribution is -2.57. The van der Waals surface area contributed by atoms with E-state index >= 15 is 0 Å². The summed E-state index contributed by atoms with van der Waals surface area (Å²) in [4.78, 5) is -2.82. The van der Waals surface area contributed by atoms with Crippen LogP contribution in [0.4, 0.5) is 0 Å². The third-order valence-electron chi connectivity index (χ3n) is 3.38. The van der Waals surface area contributed by atoms with Crippen LogP contribution in [0, 0.1) is 0 Å². The first-order valence-electron chi connectivity index (χ1n) is 4.58. The Labute approximate surface area is 129 Å². The second-order valence-electron chi connectivity index (χ2n) is 3.88. The van der Waals surface area contributed by atoms with E-state index in [4.69, 9.17) is 79.1 Å². The Morgan fingerprint density at radius 2 is 1.18 bits per heavy atom. The number of alkyl halides is 4. The van der Waals surface area contributed by atoms with Gasteiger partial charge in [-0.05, 0) is 0 Å². The van der Waals surface area contributed by atoms with Gasteiger partial charge in [-0.25, -0.2) is 0 Å². The van der Waals surface area contributed by atoms with Gasteiger partial charge in [-0.1, -0.05) is 23.2 Å². The van der Waals surface area contributed by atoms with E-state index in [1.165, 1.54) is 14.2 Å². The zero-order valence-electron chi connectivity index (χ0n) is 8.74. The zero-order valence-corrected chi connectivity index (χ0v) is 13.3. The summed E-state index contributed by atoms with van der Waals surface area (Å²) in [7, 11) is 2.77. The predicted octanol–water partition coefficient (Wildman–Crippen LogP) is 3.86. The minimum Gasteiger partial charge on any atom is -0.349 e. The molecule has 4 atom stereocenters. The molecule has 17 heavy (non-hydrogen) atoms. The summed E-state index contributed by atoms with van der Waals surface area (Å²) in [6, 6.07) is 0. The van der Waals surface area contributed by atoms with E-state index in [0.29, 0.717) is 0 Å². The summed E-state index contributed by atoms with van der Waals surface area (Å²) >= 11 is 37.6. The minimum atomic E-state index is -1.50. The number of fused-ring (bicyclic) bond motifs is 2. The number of rotatable bonds is 2. The monoisotopic (exact) mass is 358 g/mol. The molecular weight excluding hydrogens is 353 g/mol. The Morgan fingerprint density at radius 3 is 1.35 bits per heavy atom. The number of halogens is 6. The lowest BCUT2D eigenvalue weighted by Gasteiger charge is -2.40. The average Bonchev–Trinajstić information content (AvgIpc) is 2.54. The molecule has 2 bridgehead atoms. The zero-order chi connectivity index (χ0) is 13.2. The Morgan fingerprint density at radius 1 is 0.882 bits per heavy atom. The molecule has 0 unspecified atom stereocenters. The molecular formula is C9H8Cl6O2. The molecule has 2 aliphatic carbocycles. The highest BCUT2D eigenvalue weighted by Crippen LogP contribution is 2.71. The normalized spacial score (nSPS) is 48.0. The van der Waals surface area contributed by atoms with E-state index in [2.05, 4.69) is 0 Å². The van der Waals surface area contributed by atoms with Crippen LogP contribution in [0.2, 0.25) is 0 Å². The van der Waals surface area contributed by atoms with Crippen molar-refractivity contribution >= 4 is 69.6 Å². The number of methoxy groups -OCH3 is 2. The third kappa shape index (κ3) is 1.25. The Balaban J connectivity index is 2.77. The predicted molar refractivity (Wildman–Crippen MR) is 71.9 cm³/mol. The summed E-state index contributed by atoms with van der Waals surface area (Å²) in [5, 5.41) is -1.34. The molecule has 0 saturated heterocycles. The highest BCUT2D eigenvalue weighted by molar-refractivity contribution is 6.56. The molecule has 0 aromatic heterocycles. The second kappa shape index (κ2) is 4.20. The van der Waals surface area contributed by atoms with E-state index in [0.717, 1.165) is 0 Å². The number of hydrogen-bond donors (Lipinski definition) is 0. The van der Waals surface area contributed by atoms with Gasteiger partial charge in [0.25, 0.3) is 0 Å². The van der Waals surface area contributed by atoms with Crippen LogP contribution in [0.15, 0.2) is 10.1 Å². The van der Waals surface area contributed by atoms with E-state index in [1.807, 2.05) is 0 Å². The van der Waals surface area contributed by atoms with Gasteiger partial charge < -0.3 is 9.47 Å². The summed E-state index contributed by atoms with van der Waals surface area (Å²) in [6.07, 6.45) is 0. The van der Waals surface area contributed by atoms with Crippen molar-refractivity contribution in [2.24, 2.45) is 0 Å². The SMILES string of the molecule is COC1(OC)[C@@]2(Cl)C(Cl)=C(Cl)[C@@]1(Cl)[C@@H](Cl)[C@H]2Cl. The quantitative estimate of drug-likeness (QED) is 0.550. The fourth-order valence-corrected chi connectivity index (χ4v) is 5.66. The lowest BCUT2D eigenvalue weighted by molar-refractivity contribution is -0.216. The molecule has 1 saturated carbocycles. The van der Waals surface area contributed by atoms with Crippen LogP contribution >= 0.6 is 69.6 Å². The standard InChI is InChI=1S/C9H8Cl6O2/c1-16-9(17-2)7(14)3(10)4(11)8(9,15)6(13)5(7)12/h3-4H,1-2H3/t3-,4+,7-,8-/m0/s1. The highest BCUT2D eigenvalue weighted by atomic mass is 35.5. The van der Waals surface area contributed by atoms with Gasteiger partial charge in [-0.3, -0.25) is 0 Å². The first-order chi connectivity index (χ1) is 7.75. The minimum absolute atomic E-state index is 0.108. The molecule has 2 nitrogen and oxygen atoms in total. The fraction of sp³-hybridized carbons (Fsp3) is 0.778. The number of ether oxygens (including phenoxy) is 2.